The van der Waals surface area contributed by atoms with Gasteiger partial charge in [0, 0.05) is 23.8 Å². The topological polar surface area (TPSA) is 75.1 Å². The summed E-state index contributed by atoms with van der Waals surface area (Å²) in [5.41, 5.74) is 1.39. The van der Waals surface area contributed by atoms with Crippen molar-refractivity contribution in [3.8, 4) is 0 Å². The Labute approximate surface area is 133 Å². The third-order valence-corrected chi connectivity index (χ3v) is 4.26. The molecule has 0 atom stereocenters. The van der Waals surface area contributed by atoms with Gasteiger partial charge in [-0.25, -0.2) is 4.98 Å². The number of aliphatic hydroxyl groups is 1. The van der Waals surface area contributed by atoms with Crippen molar-refractivity contribution in [2.24, 2.45) is 0 Å². The summed E-state index contributed by atoms with van der Waals surface area (Å²) in [5.74, 6) is 0.0358. The third kappa shape index (κ3) is 2.78. The fourth-order valence-corrected chi connectivity index (χ4v) is 2.89. The zero-order valence-corrected chi connectivity index (χ0v) is 13.3. The van der Waals surface area contributed by atoms with Crippen molar-refractivity contribution in [1.29, 1.82) is 0 Å². The Bertz CT molecular complexity index is 727. The number of hydrogen-bond donors (Lipinski definition) is 2. The maximum Gasteiger partial charge on any atom is 0.270 e. The normalized spacial score (nSPS) is 21.0. The number of hydrogen-bond acceptors (Lipinski definition) is 4. The minimum Gasteiger partial charge on any atom is -0.393 e. The molecule has 0 saturated heterocycles. The highest BCUT2D eigenvalue weighted by Crippen LogP contribution is 2.28. The van der Waals surface area contributed by atoms with Crippen LogP contribution in [-0.4, -0.2) is 33.1 Å². The Morgan fingerprint density at radius 3 is 2.68 bits per heavy atom. The molecule has 116 valence electrons. The summed E-state index contributed by atoms with van der Waals surface area (Å²) in [6.45, 7) is 4.14. The second kappa shape index (κ2) is 5.82. The smallest absolute Gasteiger partial charge is 0.270 e. The maximum absolute atomic E-state index is 12.4. The highest BCUT2D eigenvalue weighted by molar-refractivity contribution is 6.30. The third-order valence-electron chi connectivity index (χ3n) is 4.05. The molecule has 22 heavy (non-hydrogen) atoms. The lowest BCUT2D eigenvalue weighted by molar-refractivity contribution is 0.0561. The van der Waals surface area contributed by atoms with Crippen LogP contribution in [0.1, 0.15) is 48.7 Å². The predicted molar refractivity (Wildman–Crippen MR) is 85.1 cm³/mol. The Hall–Kier alpha value is -1.72. The number of aliphatic hydroxyl groups excluding tert-OH is 1. The van der Waals surface area contributed by atoms with E-state index in [0.29, 0.717) is 29.1 Å². The number of nitrogens with one attached hydrogen (secondary N) is 1. The summed E-state index contributed by atoms with van der Waals surface area (Å²) in [7, 11) is 0. The number of fused-ring (bicyclic) bond motifs is 1. The van der Waals surface area contributed by atoms with Crippen molar-refractivity contribution >= 4 is 28.3 Å². The largest absolute Gasteiger partial charge is 0.393 e. The first-order chi connectivity index (χ1) is 10.5. The number of halogens is 1. The van der Waals surface area contributed by atoms with Crippen molar-refractivity contribution in [3.63, 3.8) is 0 Å². The van der Waals surface area contributed by atoms with E-state index in [1.165, 1.54) is 0 Å². The van der Waals surface area contributed by atoms with Crippen LogP contribution in [0.4, 0.5) is 0 Å². The molecule has 5 nitrogen and oxygen atoms in total. The van der Waals surface area contributed by atoms with E-state index in [2.05, 4.69) is 29.1 Å². The van der Waals surface area contributed by atoms with Crippen molar-refractivity contribution in [3.05, 3.63) is 34.9 Å². The molecule has 0 aromatic carbocycles. The van der Waals surface area contributed by atoms with E-state index in [0.717, 1.165) is 10.9 Å². The highest BCUT2D eigenvalue weighted by atomic mass is 35.5. The second-order valence-electron chi connectivity index (χ2n) is 6.07. The molecule has 1 saturated carbocycles. The van der Waals surface area contributed by atoms with Gasteiger partial charge in [-0.15, -0.1) is 0 Å². The second-order valence-corrected chi connectivity index (χ2v) is 6.45. The van der Waals surface area contributed by atoms with Gasteiger partial charge in [0.1, 0.15) is 10.8 Å². The molecule has 0 unspecified atom stereocenters. The Balaban J connectivity index is 1.99. The molecule has 0 spiro atoms. The first-order valence-electron chi connectivity index (χ1n) is 7.38. The van der Waals surface area contributed by atoms with E-state index in [4.69, 9.17) is 11.6 Å². The molecule has 2 heterocycles. The van der Waals surface area contributed by atoms with Crippen LogP contribution in [0.3, 0.4) is 0 Å². The van der Waals surface area contributed by atoms with Gasteiger partial charge in [0.25, 0.3) is 5.91 Å². The van der Waals surface area contributed by atoms with Crippen LogP contribution in [0.15, 0.2) is 18.5 Å². The van der Waals surface area contributed by atoms with Crippen molar-refractivity contribution < 1.29 is 9.90 Å². The molecule has 1 aliphatic carbocycles. The van der Waals surface area contributed by atoms with E-state index in [-0.39, 0.29) is 24.0 Å². The van der Waals surface area contributed by atoms with Gasteiger partial charge in [0.15, 0.2) is 0 Å². The molecular weight excluding hydrogens is 302 g/mol. The summed E-state index contributed by atoms with van der Waals surface area (Å²) in [6, 6.07) is 1.79. The van der Waals surface area contributed by atoms with E-state index in [1.54, 1.807) is 18.5 Å². The van der Waals surface area contributed by atoms with Crippen LogP contribution >= 0.6 is 11.6 Å². The van der Waals surface area contributed by atoms with Gasteiger partial charge in [0.2, 0.25) is 0 Å². The fraction of sp³-hybridized carbons (Fsp3) is 0.438. The van der Waals surface area contributed by atoms with Crippen LogP contribution in [0.2, 0.25) is 5.15 Å². The predicted octanol–water partition coefficient (Wildman–Crippen LogP) is 2.66. The summed E-state index contributed by atoms with van der Waals surface area (Å²) in [5, 5.41) is 14.2. The molecule has 2 aromatic heterocycles. The number of carbonyl (C=O) groups excluding carboxylic acids is 1. The molecule has 0 radical (unpaired) electrons. The van der Waals surface area contributed by atoms with E-state index in [9.17, 15) is 9.90 Å². The molecule has 1 aliphatic rings. The van der Waals surface area contributed by atoms with Gasteiger partial charge >= 0.3 is 0 Å². The number of pyridine rings is 2. The van der Waals surface area contributed by atoms with Crippen LogP contribution in [0, 0.1) is 0 Å². The van der Waals surface area contributed by atoms with Crippen LogP contribution in [0.25, 0.3) is 10.8 Å². The minimum absolute atomic E-state index is 0.0179. The molecule has 0 bridgehead atoms. The SMILES string of the molecule is CC(C)c1cnc(C(=O)N[C@H]2C[C@H](O)C2)c2cnc(Cl)cc12. The Kier molecular flexibility index (Phi) is 4.02. The molecule has 1 amide bonds. The summed E-state index contributed by atoms with van der Waals surface area (Å²) in [6.07, 6.45) is 4.21. The van der Waals surface area contributed by atoms with E-state index >= 15 is 0 Å². The van der Waals surface area contributed by atoms with Crippen molar-refractivity contribution in [2.75, 3.05) is 0 Å². The summed E-state index contributed by atoms with van der Waals surface area (Å²) in [4.78, 5) is 20.8. The van der Waals surface area contributed by atoms with Gasteiger partial charge in [-0.1, -0.05) is 25.4 Å². The van der Waals surface area contributed by atoms with E-state index < -0.39 is 0 Å². The van der Waals surface area contributed by atoms with E-state index in [1.807, 2.05) is 0 Å². The van der Waals surface area contributed by atoms with Gasteiger partial charge in [-0.05, 0) is 35.8 Å². The molecule has 0 aliphatic heterocycles. The van der Waals surface area contributed by atoms with Gasteiger partial charge in [-0.2, -0.15) is 0 Å². The summed E-state index contributed by atoms with van der Waals surface area (Å²) < 4.78 is 0. The highest BCUT2D eigenvalue weighted by Gasteiger charge is 2.29. The van der Waals surface area contributed by atoms with Crippen LogP contribution in [-0.2, 0) is 0 Å². The maximum atomic E-state index is 12.4. The quantitative estimate of drug-likeness (QED) is 0.853. The number of nitrogens with zero attached hydrogens (tertiary/aromatic N) is 2. The summed E-state index contributed by atoms with van der Waals surface area (Å²) >= 11 is 6.00. The van der Waals surface area contributed by atoms with Gasteiger partial charge < -0.3 is 10.4 Å². The lowest BCUT2D eigenvalue weighted by Crippen LogP contribution is -2.46. The lowest BCUT2D eigenvalue weighted by atomic mass is 9.89. The zero-order chi connectivity index (χ0) is 15.9. The monoisotopic (exact) mass is 319 g/mol. The molecular formula is C16H18ClN3O2. The molecule has 1 fully saturated rings. The number of rotatable bonds is 3. The van der Waals surface area contributed by atoms with Gasteiger partial charge in [0.05, 0.1) is 6.10 Å². The number of amides is 1. The number of carbonyl (C=O) groups is 1. The Morgan fingerprint density at radius 1 is 1.32 bits per heavy atom. The standard InChI is InChI=1S/C16H18ClN3O2/c1-8(2)12-6-19-15(13-7-18-14(17)5-11(12)13)16(22)20-9-3-10(21)4-9/h5-10,21H,3-4H2,1-2H3,(H,20,22)/t9-,10-. The molecule has 6 heteroatoms. The molecule has 2 N–H and O–H groups in total. The average Bonchev–Trinajstić information content (AvgIpc) is 2.43. The first kappa shape index (κ1) is 15.2. The Morgan fingerprint density at radius 2 is 2.05 bits per heavy atom. The molecule has 2 aromatic rings. The van der Waals surface area contributed by atoms with Crippen LogP contribution < -0.4 is 5.32 Å². The fourth-order valence-electron chi connectivity index (χ4n) is 2.73. The number of aromatic nitrogens is 2. The van der Waals surface area contributed by atoms with Gasteiger partial charge in [-0.3, -0.25) is 9.78 Å². The lowest BCUT2D eigenvalue weighted by Gasteiger charge is -2.31. The first-order valence-corrected chi connectivity index (χ1v) is 7.76. The van der Waals surface area contributed by atoms with Crippen LogP contribution in [0.5, 0.6) is 0 Å². The average molecular weight is 320 g/mol. The van der Waals surface area contributed by atoms with Crippen molar-refractivity contribution in [2.45, 2.75) is 44.8 Å². The minimum atomic E-state index is -0.307. The molecule has 3 rings (SSSR count). The zero-order valence-electron chi connectivity index (χ0n) is 12.5. The van der Waals surface area contributed by atoms with Crippen molar-refractivity contribution in [1.82, 2.24) is 15.3 Å².